The summed E-state index contributed by atoms with van der Waals surface area (Å²) in [4.78, 5) is 53.0. The van der Waals surface area contributed by atoms with E-state index in [0.29, 0.717) is 0 Å². The molecule has 0 aliphatic rings. The SMILES string of the molecule is O=C=Nc1cc(C(=O)O)c2c(N=C=O)ccc(N=C=O)c2c1. The summed E-state index contributed by atoms with van der Waals surface area (Å²) >= 11 is 0. The van der Waals surface area contributed by atoms with Gasteiger partial charge in [-0.05, 0) is 24.3 Å². The van der Waals surface area contributed by atoms with Gasteiger partial charge in [0.25, 0.3) is 0 Å². The number of nitrogens with zero attached hydrogens (tertiary/aromatic N) is 3. The van der Waals surface area contributed by atoms with Crippen LogP contribution >= 0.6 is 0 Å². The number of fused-ring (bicyclic) bond motifs is 1. The van der Waals surface area contributed by atoms with Crippen molar-refractivity contribution in [2.45, 2.75) is 0 Å². The molecular weight excluding hydrogens is 290 g/mol. The number of hydrogen-bond donors (Lipinski definition) is 1. The van der Waals surface area contributed by atoms with Crippen molar-refractivity contribution in [3.8, 4) is 0 Å². The molecule has 0 spiro atoms. The molecule has 106 valence electrons. The molecule has 0 aromatic heterocycles. The van der Waals surface area contributed by atoms with Crippen molar-refractivity contribution in [2.24, 2.45) is 15.0 Å². The number of aliphatic imine (C=N–C) groups is 3. The predicted octanol–water partition coefficient (Wildman–Crippen LogP) is 2.44. The molecule has 0 fully saturated rings. The molecule has 0 aliphatic carbocycles. The zero-order valence-corrected chi connectivity index (χ0v) is 10.7. The first-order valence-corrected chi connectivity index (χ1v) is 5.70. The van der Waals surface area contributed by atoms with Gasteiger partial charge in [-0.3, -0.25) is 0 Å². The summed E-state index contributed by atoms with van der Waals surface area (Å²) in [5.41, 5.74) is -0.118. The van der Waals surface area contributed by atoms with E-state index < -0.39 is 5.97 Å². The van der Waals surface area contributed by atoms with Crippen LogP contribution < -0.4 is 0 Å². The number of carbonyl (C=O) groups excluding carboxylic acids is 3. The molecule has 0 saturated heterocycles. The fourth-order valence-corrected chi connectivity index (χ4v) is 2.01. The van der Waals surface area contributed by atoms with E-state index in [1.165, 1.54) is 36.4 Å². The van der Waals surface area contributed by atoms with Crippen LogP contribution in [-0.2, 0) is 14.4 Å². The van der Waals surface area contributed by atoms with Gasteiger partial charge in [0.15, 0.2) is 0 Å². The van der Waals surface area contributed by atoms with Crippen molar-refractivity contribution in [1.82, 2.24) is 0 Å². The van der Waals surface area contributed by atoms with E-state index in [2.05, 4.69) is 15.0 Å². The minimum atomic E-state index is -1.33. The number of carboxylic acids is 1. The molecule has 0 unspecified atom stereocenters. The maximum absolute atomic E-state index is 11.4. The molecule has 8 nitrogen and oxygen atoms in total. The first-order valence-electron chi connectivity index (χ1n) is 5.70. The van der Waals surface area contributed by atoms with Gasteiger partial charge >= 0.3 is 5.97 Å². The lowest BCUT2D eigenvalue weighted by Crippen LogP contribution is -1.98. The number of aromatic carboxylic acids is 1. The molecule has 0 radical (unpaired) electrons. The molecule has 0 amide bonds. The van der Waals surface area contributed by atoms with Crippen LogP contribution in [0.2, 0.25) is 0 Å². The minimum absolute atomic E-state index is 0.00878. The molecule has 0 aliphatic heterocycles. The average Bonchev–Trinajstić information content (AvgIpc) is 2.49. The van der Waals surface area contributed by atoms with Crippen LogP contribution in [0.25, 0.3) is 10.8 Å². The van der Waals surface area contributed by atoms with Crippen LogP contribution in [0.15, 0.2) is 39.2 Å². The van der Waals surface area contributed by atoms with Gasteiger partial charge in [0.05, 0.1) is 22.6 Å². The second-order valence-electron chi connectivity index (χ2n) is 3.93. The lowest BCUT2D eigenvalue weighted by atomic mass is 10.00. The van der Waals surface area contributed by atoms with Crippen LogP contribution in [0, 0.1) is 0 Å². The van der Waals surface area contributed by atoms with Gasteiger partial charge in [-0.15, -0.1) is 0 Å². The second-order valence-corrected chi connectivity index (χ2v) is 3.93. The summed E-state index contributed by atoms with van der Waals surface area (Å²) in [5, 5.41) is 9.54. The van der Waals surface area contributed by atoms with Crippen LogP contribution in [0.5, 0.6) is 0 Å². The Labute approximate surface area is 122 Å². The third-order valence-electron chi connectivity index (χ3n) is 2.79. The zero-order valence-electron chi connectivity index (χ0n) is 10.7. The molecule has 2 aromatic carbocycles. The topological polar surface area (TPSA) is 126 Å². The third kappa shape index (κ3) is 2.60. The molecule has 0 saturated carbocycles. The Balaban J connectivity index is 3.08. The van der Waals surface area contributed by atoms with E-state index in [-0.39, 0.29) is 33.4 Å². The van der Waals surface area contributed by atoms with Crippen LogP contribution in [-0.4, -0.2) is 29.3 Å². The average molecular weight is 295 g/mol. The van der Waals surface area contributed by atoms with Crippen molar-refractivity contribution in [3.63, 3.8) is 0 Å². The van der Waals surface area contributed by atoms with Crippen molar-refractivity contribution in [1.29, 1.82) is 0 Å². The van der Waals surface area contributed by atoms with E-state index >= 15 is 0 Å². The molecule has 1 N–H and O–H groups in total. The highest BCUT2D eigenvalue weighted by Crippen LogP contribution is 2.38. The highest BCUT2D eigenvalue weighted by Gasteiger charge is 2.16. The first-order chi connectivity index (χ1) is 10.6. The van der Waals surface area contributed by atoms with Crippen molar-refractivity contribution >= 4 is 52.0 Å². The Morgan fingerprint density at radius 2 is 1.50 bits per heavy atom. The van der Waals surface area contributed by atoms with Gasteiger partial charge in [-0.2, -0.15) is 15.0 Å². The Kier molecular flexibility index (Phi) is 4.13. The van der Waals surface area contributed by atoms with Crippen LogP contribution in [0.4, 0.5) is 17.1 Å². The highest BCUT2D eigenvalue weighted by molar-refractivity contribution is 6.13. The highest BCUT2D eigenvalue weighted by atomic mass is 16.4. The van der Waals surface area contributed by atoms with Gasteiger partial charge in [0, 0.05) is 10.8 Å². The molecule has 22 heavy (non-hydrogen) atoms. The Morgan fingerprint density at radius 1 is 0.909 bits per heavy atom. The molecule has 2 rings (SSSR count). The van der Waals surface area contributed by atoms with E-state index in [4.69, 9.17) is 0 Å². The van der Waals surface area contributed by atoms with Gasteiger partial charge in [0.1, 0.15) is 0 Å². The van der Waals surface area contributed by atoms with Gasteiger partial charge in [0.2, 0.25) is 18.2 Å². The molecule has 0 bridgehead atoms. The summed E-state index contributed by atoms with van der Waals surface area (Å²) in [7, 11) is 0. The number of carbonyl (C=O) groups is 1. The Bertz CT molecular complexity index is 931. The number of hydrogen-bond acceptors (Lipinski definition) is 7. The molecule has 0 heterocycles. The van der Waals surface area contributed by atoms with E-state index in [1.54, 1.807) is 0 Å². The van der Waals surface area contributed by atoms with Gasteiger partial charge in [-0.1, -0.05) is 0 Å². The fraction of sp³-hybridized carbons (Fsp3) is 0. The zero-order chi connectivity index (χ0) is 16.1. The molecule has 2 aromatic rings. The summed E-state index contributed by atoms with van der Waals surface area (Å²) in [6.45, 7) is 0. The monoisotopic (exact) mass is 295 g/mol. The Morgan fingerprint density at radius 3 is 2.09 bits per heavy atom. The van der Waals surface area contributed by atoms with Crippen molar-refractivity contribution < 1.29 is 24.3 Å². The quantitative estimate of drug-likeness (QED) is 0.684. The lowest BCUT2D eigenvalue weighted by Gasteiger charge is -2.08. The normalized spacial score (nSPS) is 9.27. The minimum Gasteiger partial charge on any atom is -0.478 e. The number of benzene rings is 2. The maximum atomic E-state index is 11.4. The molecule has 0 atom stereocenters. The summed E-state index contributed by atoms with van der Waals surface area (Å²) in [6, 6.07) is 5.11. The molecular formula is C14H5N3O5. The number of isocyanates is 3. The van der Waals surface area contributed by atoms with Gasteiger partial charge in [-0.25, -0.2) is 19.2 Å². The summed E-state index contributed by atoms with van der Waals surface area (Å²) < 4.78 is 0. The predicted molar refractivity (Wildman–Crippen MR) is 74.3 cm³/mol. The van der Waals surface area contributed by atoms with Gasteiger partial charge < -0.3 is 5.11 Å². The summed E-state index contributed by atoms with van der Waals surface area (Å²) in [6.07, 6.45) is 3.96. The standard InChI is InChI=1S/C14H5N3O5/c18-5-15-8-3-9-11(16-6-19)1-2-12(17-7-20)13(9)10(4-8)14(21)22/h1-4H,(H,21,22). The summed E-state index contributed by atoms with van der Waals surface area (Å²) in [5.74, 6) is -1.33. The first kappa shape index (κ1) is 14.7. The van der Waals surface area contributed by atoms with E-state index in [0.717, 1.165) is 6.07 Å². The Hall–Kier alpha value is -3.69. The van der Waals surface area contributed by atoms with E-state index in [9.17, 15) is 24.3 Å². The lowest BCUT2D eigenvalue weighted by molar-refractivity contribution is 0.0699. The number of rotatable bonds is 4. The smallest absolute Gasteiger partial charge is 0.336 e. The number of carboxylic acid groups (broad SMARTS) is 1. The third-order valence-corrected chi connectivity index (χ3v) is 2.79. The largest absolute Gasteiger partial charge is 0.478 e. The van der Waals surface area contributed by atoms with Crippen LogP contribution in [0.1, 0.15) is 10.4 Å². The van der Waals surface area contributed by atoms with Crippen molar-refractivity contribution in [3.05, 3.63) is 29.8 Å². The van der Waals surface area contributed by atoms with Crippen LogP contribution in [0.3, 0.4) is 0 Å². The fourth-order valence-electron chi connectivity index (χ4n) is 2.01. The van der Waals surface area contributed by atoms with Crippen molar-refractivity contribution in [2.75, 3.05) is 0 Å². The maximum Gasteiger partial charge on any atom is 0.336 e. The second kappa shape index (κ2) is 6.17. The van der Waals surface area contributed by atoms with E-state index in [1.807, 2.05) is 0 Å². The molecule has 8 heteroatoms.